The van der Waals surface area contributed by atoms with Gasteiger partial charge in [-0.1, -0.05) is 53.2 Å². The van der Waals surface area contributed by atoms with E-state index in [-0.39, 0.29) is 11.5 Å². The first-order valence-electron chi connectivity index (χ1n) is 5.69. The van der Waals surface area contributed by atoms with Gasteiger partial charge in [0, 0.05) is 11.4 Å². The number of hydrogen-bond acceptors (Lipinski definition) is 2. The first kappa shape index (κ1) is 12.4. The molecule has 0 aromatic heterocycles. The molecule has 17 heavy (non-hydrogen) atoms. The first-order valence-corrected chi connectivity index (χ1v) is 6.60. The van der Waals surface area contributed by atoms with Crippen molar-refractivity contribution in [3.05, 3.63) is 35.9 Å². The molecule has 1 aromatic rings. The van der Waals surface area contributed by atoms with Crippen LogP contribution in [0.5, 0.6) is 0 Å². The van der Waals surface area contributed by atoms with Crippen LogP contribution in [-0.4, -0.2) is 17.5 Å². The second kappa shape index (κ2) is 5.08. The third-order valence-electron chi connectivity index (χ3n) is 3.09. The summed E-state index contributed by atoms with van der Waals surface area (Å²) in [6, 6.07) is 9.66. The van der Waals surface area contributed by atoms with Crippen LogP contribution in [0.4, 0.5) is 4.79 Å². The highest BCUT2D eigenvalue weighted by atomic mass is 79.9. The Morgan fingerprint density at radius 1 is 1.53 bits per heavy atom. The lowest BCUT2D eigenvalue weighted by atomic mass is 10.1. The van der Waals surface area contributed by atoms with Gasteiger partial charge in [0.25, 0.3) is 0 Å². The van der Waals surface area contributed by atoms with Gasteiger partial charge in [0.15, 0.2) is 0 Å². The summed E-state index contributed by atoms with van der Waals surface area (Å²) < 4.78 is 5.12. The third-order valence-corrected chi connectivity index (χ3v) is 4.52. The summed E-state index contributed by atoms with van der Waals surface area (Å²) in [4.78, 5) is 12.0. The smallest absolute Gasteiger partial charge is 0.407 e. The molecule has 0 aliphatic heterocycles. The van der Waals surface area contributed by atoms with Crippen LogP contribution >= 0.6 is 15.9 Å². The standard InChI is InChI=1S/C13H16BrNO2/c1-13(7-11(13)14)9-15-12(16)17-8-10-5-3-2-4-6-10/h2-6,11H,7-9H2,1H3,(H,15,16). The number of benzene rings is 1. The molecular formula is C13H16BrNO2. The Kier molecular flexibility index (Phi) is 3.72. The van der Waals surface area contributed by atoms with E-state index >= 15 is 0 Å². The first-order chi connectivity index (χ1) is 8.10. The molecule has 1 fully saturated rings. The zero-order valence-corrected chi connectivity index (χ0v) is 11.4. The number of carbonyl (C=O) groups excluding carboxylic acids is 1. The Morgan fingerprint density at radius 2 is 2.18 bits per heavy atom. The zero-order valence-electron chi connectivity index (χ0n) is 9.78. The molecule has 0 heterocycles. The lowest BCUT2D eigenvalue weighted by Crippen LogP contribution is -2.30. The van der Waals surface area contributed by atoms with Crippen molar-refractivity contribution in [3.8, 4) is 0 Å². The van der Waals surface area contributed by atoms with Gasteiger partial charge in [0.2, 0.25) is 0 Å². The van der Waals surface area contributed by atoms with E-state index in [4.69, 9.17) is 4.74 Å². The second-order valence-electron chi connectivity index (χ2n) is 4.74. The van der Waals surface area contributed by atoms with Gasteiger partial charge in [-0.05, 0) is 17.4 Å². The fraction of sp³-hybridized carbons (Fsp3) is 0.462. The van der Waals surface area contributed by atoms with Gasteiger partial charge in [-0.2, -0.15) is 0 Å². The quantitative estimate of drug-likeness (QED) is 0.868. The van der Waals surface area contributed by atoms with E-state index in [1.165, 1.54) is 0 Å². The predicted molar refractivity (Wildman–Crippen MR) is 70.1 cm³/mol. The van der Waals surface area contributed by atoms with Gasteiger partial charge in [-0.3, -0.25) is 0 Å². The number of alkyl carbamates (subject to hydrolysis) is 1. The monoisotopic (exact) mass is 297 g/mol. The topological polar surface area (TPSA) is 38.3 Å². The molecule has 1 aliphatic carbocycles. The van der Waals surface area contributed by atoms with E-state index in [1.54, 1.807) is 0 Å². The molecule has 4 heteroatoms. The van der Waals surface area contributed by atoms with Gasteiger partial charge in [-0.15, -0.1) is 0 Å². The number of carbonyl (C=O) groups is 1. The maximum absolute atomic E-state index is 11.4. The normalized spacial score (nSPS) is 26.4. The SMILES string of the molecule is CC1(CNC(=O)OCc2ccccc2)CC1Br. The highest BCUT2D eigenvalue weighted by molar-refractivity contribution is 9.09. The zero-order chi connectivity index (χ0) is 12.3. The summed E-state index contributed by atoms with van der Waals surface area (Å²) in [5, 5.41) is 2.79. The van der Waals surface area contributed by atoms with Gasteiger partial charge in [0.1, 0.15) is 6.61 Å². The van der Waals surface area contributed by atoms with E-state index in [0.29, 0.717) is 18.0 Å². The molecular weight excluding hydrogens is 282 g/mol. The molecule has 92 valence electrons. The summed E-state index contributed by atoms with van der Waals surface area (Å²) >= 11 is 3.54. The van der Waals surface area contributed by atoms with E-state index in [1.807, 2.05) is 30.3 Å². The molecule has 1 aromatic carbocycles. The minimum atomic E-state index is -0.346. The summed E-state index contributed by atoms with van der Waals surface area (Å²) in [5.41, 5.74) is 1.20. The van der Waals surface area contributed by atoms with Gasteiger partial charge >= 0.3 is 6.09 Å². The van der Waals surface area contributed by atoms with E-state index in [9.17, 15) is 4.79 Å². The molecule has 2 atom stereocenters. The van der Waals surface area contributed by atoms with Crippen LogP contribution in [0.15, 0.2) is 30.3 Å². The molecule has 1 N–H and O–H groups in total. The largest absolute Gasteiger partial charge is 0.445 e. The highest BCUT2D eigenvalue weighted by Crippen LogP contribution is 2.50. The summed E-state index contributed by atoms with van der Waals surface area (Å²) in [6.45, 7) is 3.13. The summed E-state index contributed by atoms with van der Waals surface area (Å²) in [6.07, 6.45) is 0.757. The van der Waals surface area contributed by atoms with Crippen molar-refractivity contribution >= 4 is 22.0 Å². The number of nitrogens with one attached hydrogen (secondary N) is 1. The van der Waals surface area contributed by atoms with Crippen LogP contribution in [-0.2, 0) is 11.3 Å². The van der Waals surface area contributed by atoms with E-state index in [0.717, 1.165) is 12.0 Å². The number of halogens is 1. The number of rotatable bonds is 4. The maximum atomic E-state index is 11.4. The molecule has 1 saturated carbocycles. The van der Waals surface area contributed by atoms with Crippen LogP contribution in [0, 0.1) is 5.41 Å². The van der Waals surface area contributed by atoms with Crippen molar-refractivity contribution in [1.82, 2.24) is 5.32 Å². The van der Waals surface area contributed by atoms with Gasteiger partial charge < -0.3 is 10.1 Å². The summed E-state index contributed by atoms with van der Waals surface area (Å²) in [7, 11) is 0. The fourth-order valence-electron chi connectivity index (χ4n) is 1.58. The van der Waals surface area contributed by atoms with Crippen LogP contribution in [0.25, 0.3) is 0 Å². The van der Waals surface area contributed by atoms with Crippen molar-refractivity contribution in [2.75, 3.05) is 6.54 Å². The van der Waals surface area contributed by atoms with Gasteiger partial charge in [-0.25, -0.2) is 4.79 Å². The van der Waals surface area contributed by atoms with E-state index in [2.05, 4.69) is 28.2 Å². The number of ether oxygens (including phenoxy) is 1. The second-order valence-corrected chi connectivity index (χ2v) is 5.85. The summed E-state index contributed by atoms with van der Waals surface area (Å²) in [5.74, 6) is 0. The highest BCUT2D eigenvalue weighted by Gasteiger charge is 2.48. The molecule has 1 aliphatic rings. The molecule has 1 amide bonds. The molecule has 3 nitrogen and oxygen atoms in total. The Balaban J connectivity index is 1.68. The fourth-order valence-corrected chi connectivity index (χ4v) is 2.48. The predicted octanol–water partition coefficient (Wildman–Crippen LogP) is 3.09. The number of alkyl halides is 1. The Labute approximate surface area is 110 Å². The van der Waals surface area contributed by atoms with Crippen LogP contribution in [0.1, 0.15) is 18.9 Å². The van der Waals surface area contributed by atoms with Crippen molar-refractivity contribution in [2.45, 2.75) is 24.8 Å². The minimum Gasteiger partial charge on any atom is -0.445 e. The lowest BCUT2D eigenvalue weighted by Gasteiger charge is -2.11. The van der Waals surface area contributed by atoms with Crippen LogP contribution in [0.2, 0.25) is 0 Å². The van der Waals surface area contributed by atoms with Crippen molar-refractivity contribution in [3.63, 3.8) is 0 Å². The lowest BCUT2D eigenvalue weighted by molar-refractivity contribution is 0.138. The Hall–Kier alpha value is -1.03. The Morgan fingerprint density at radius 3 is 2.76 bits per heavy atom. The molecule has 0 radical (unpaired) electrons. The average Bonchev–Trinajstić information content (AvgIpc) is 2.94. The minimum absolute atomic E-state index is 0.200. The number of hydrogen-bond donors (Lipinski definition) is 1. The molecule has 0 saturated heterocycles. The Bertz CT molecular complexity index is 396. The molecule has 0 bridgehead atoms. The molecule has 2 unspecified atom stereocenters. The van der Waals surface area contributed by atoms with Crippen molar-refractivity contribution < 1.29 is 9.53 Å². The van der Waals surface area contributed by atoms with Crippen LogP contribution < -0.4 is 5.32 Å². The van der Waals surface area contributed by atoms with E-state index < -0.39 is 0 Å². The third kappa shape index (κ3) is 3.46. The molecule has 0 spiro atoms. The number of amides is 1. The van der Waals surface area contributed by atoms with Crippen molar-refractivity contribution in [2.24, 2.45) is 5.41 Å². The maximum Gasteiger partial charge on any atom is 0.407 e. The molecule has 2 rings (SSSR count). The average molecular weight is 298 g/mol. The van der Waals surface area contributed by atoms with Crippen molar-refractivity contribution in [1.29, 1.82) is 0 Å². The van der Waals surface area contributed by atoms with Gasteiger partial charge in [0.05, 0.1) is 0 Å². The van der Waals surface area contributed by atoms with Crippen LogP contribution in [0.3, 0.4) is 0 Å².